The molecule has 0 spiro atoms. The molecule has 60 heavy (non-hydrogen) atoms. The van der Waals surface area contributed by atoms with E-state index in [2.05, 4.69) is 86.6 Å². The van der Waals surface area contributed by atoms with Gasteiger partial charge < -0.3 is 9.90 Å². The van der Waals surface area contributed by atoms with Crippen LogP contribution >= 0.6 is 0 Å². The Morgan fingerprint density at radius 1 is 0.667 bits per heavy atom. The van der Waals surface area contributed by atoms with E-state index in [1.807, 2.05) is 6.92 Å². The maximum absolute atomic E-state index is 13.0. The van der Waals surface area contributed by atoms with E-state index in [4.69, 9.17) is 0 Å². The molecular weight excluding hydrogens is 797 g/mol. The third kappa shape index (κ3) is 9.92. The summed E-state index contributed by atoms with van der Waals surface area (Å²) in [5.74, 6) is -0.801. The lowest BCUT2D eigenvalue weighted by atomic mass is 9.82. The second-order valence-corrected chi connectivity index (χ2v) is 19.8. The Labute approximate surface area is 355 Å². The van der Waals surface area contributed by atoms with Gasteiger partial charge in [-0.05, 0) is 119 Å². The number of carbonyl (C=O) groups excluding carboxylic acids is 2. The Balaban J connectivity index is 1.79. The van der Waals surface area contributed by atoms with Crippen molar-refractivity contribution >= 4 is 38.1 Å². The van der Waals surface area contributed by atoms with E-state index < -0.39 is 36.4 Å². The molecule has 316 valence electrons. The molecule has 0 aromatic heterocycles. The molecule has 0 saturated heterocycles. The summed E-state index contributed by atoms with van der Waals surface area (Å²) >= 11 is 0. The topological polar surface area (TPSA) is 166 Å². The predicted octanol–water partition coefficient (Wildman–Crippen LogP) is 9.72. The third-order valence-corrected chi connectivity index (χ3v) is 12.9. The highest BCUT2D eigenvalue weighted by Gasteiger charge is 2.40. The average molecular weight is 851 g/mol. The minimum Gasteiger partial charge on any atom is -0.545 e. The van der Waals surface area contributed by atoms with Gasteiger partial charge in [-0.2, -0.15) is 16.8 Å². The van der Waals surface area contributed by atoms with Crippen molar-refractivity contribution in [1.82, 2.24) is 0 Å². The Morgan fingerprint density at radius 3 is 1.50 bits per heavy atom. The molecule has 1 aliphatic rings. The minimum absolute atomic E-state index is 0.0790. The SMILES string of the molecule is Cc1cc(C(C)C)c(Cc2ccc(C(=C3C=CC(S(=O)(=O)O)=C[C+]3S(=O)(=O)O)c3ccc(Cc4c(C(C)C)cc(C)cc4C(C)C)c(C(=O)[O-])c3)cc2C=O)c(C(C)C)c1. The van der Waals surface area contributed by atoms with Gasteiger partial charge >= 0.3 is 20.2 Å². The zero-order valence-corrected chi connectivity index (χ0v) is 37.5. The Kier molecular flexibility index (Phi) is 13.7. The fourth-order valence-corrected chi connectivity index (χ4v) is 9.56. The van der Waals surface area contributed by atoms with E-state index in [1.54, 1.807) is 30.3 Å². The molecule has 0 aliphatic heterocycles. The van der Waals surface area contributed by atoms with Crippen LogP contribution in [0, 0.1) is 19.1 Å². The summed E-state index contributed by atoms with van der Waals surface area (Å²) in [6, 6.07) is 18.2. The molecule has 0 bridgehead atoms. The van der Waals surface area contributed by atoms with Gasteiger partial charge in [-0.25, -0.2) is 0 Å². The summed E-state index contributed by atoms with van der Waals surface area (Å²) in [7, 11) is -10.1. The van der Waals surface area contributed by atoms with Crippen LogP contribution in [0.3, 0.4) is 0 Å². The molecule has 0 saturated carbocycles. The summed E-state index contributed by atoms with van der Waals surface area (Å²) in [5, 5.41) is 12.2. The van der Waals surface area contributed by atoms with Gasteiger partial charge in [-0.15, -0.1) is 0 Å². The van der Waals surface area contributed by atoms with Crippen molar-refractivity contribution in [3.8, 4) is 0 Å². The molecule has 11 heteroatoms. The Bertz CT molecular complexity index is 2620. The molecule has 4 aromatic rings. The standard InChI is InChI=1S/C49H54O9S2/c1-27(2)40-17-31(9)18-41(28(3)4)45(40)22-33-11-13-35(21-37(33)26-50)48(39-16-15-38(59(53,54)55)25-47(39)60(56,57)58)36-14-12-34(44(24-36)49(51)52)23-46-42(29(5)6)19-32(10)20-43(46)30(7)8/h11-21,24-30H,22-23H2,1-10H3,(H2-,51,52,53,54,55,56,57,58). The second-order valence-electron chi connectivity index (χ2n) is 17.0. The minimum atomic E-state index is -5.17. The van der Waals surface area contributed by atoms with E-state index in [0.717, 1.165) is 56.7 Å². The number of carboxylic acids is 1. The zero-order chi connectivity index (χ0) is 44.6. The predicted molar refractivity (Wildman–Crippen MR) is 237 cm³/mol. The smallest absolute Gasteiger partial charge is 0.331 e. The van der Waals surface area contributed by atoms with Crippen molar-refractivity contribution in [3.63, 3.8) is 0 Å². The molecule has 0 atom stereocenters. The first-order valence-corrected chi connectivity index (χ1v) is 23.0. The summed E-state index contributed by atoms with van der Waals surface area (Å²) in [6.07, 6.45) is 4.13. The van der Waals surface area contributed by atoms with Gasteiger partial charge in [-0.3, -0.25) is 13.9 Å². The largest absolute Gasteiger partial charge is 0.545 e. The number of aldehydes is 1. The third-order valence-electron chi connectivity index (χ3n) is 11.1. The first-order chi connectivity index (χ1) is 27.9. The Hall–Kier alpha value is -5.07. The van der Waals surface area contributed by atoms with Gasteiger partial charge in [-0.1, -0.05) is 103 Å². The van der Waals surface area contributed by atoms with Crippen LogP contribution in [-0.2, 0) is 33.1 Å². The maximum Gasteiger partial charge on any atom is 0.331 e. The van der Waals surface area contributed by atoms with E-state index in [9.17, 15) is 40.6 Å². The summed E-state index contributed by atoms with van der Waals surface area (Å²) < 4.78 is 70.7. The van der Waals surface area contributed by atoms with Gasteiger partial charge in [0.2, 0.25) is 0 Å². The number of benzene rings is 4. The molecule has 0 radical (unpaired) electrons. The highest BCUT2D eigenvalue weighted by atomic mass is 32.2. The lowest BCUT2D eigenvalue weighted by Gasteiger charge is -2.23. The highest BCUT2D eigenvalue weighted by Crippen LogP contribution is 2.41. The van der Waals surface area contributed by atoms with Crippen LogP contribution in [0.1, 0.15) is 167 Å². The molecular formula is C49H54O9S2. The molecule has 0 unspecified atom stereocenters. The van der Waals surface area contributed by atoms with E-state index >= 15 is 0 Å². The number of hydrogen-bond acceptors (Lipinski definition) is 7. The monoisotopic (exact) mass is 850 g/mol. The first kappa shape index (κ1) is 46.0. The molecule has 0 amide bonds. The van der Waals surface area contributed by atoms with Crippen molar-refractivity contribution in [2.24, 2.45) is 0 Å². The van der Waals surface area contributed by atoms with Crippen molar-refractivity contribution in [2.45, 2.75) is 106 Å². The molecule has 1 aliphatic carbocycles. The second kappa shape index (κ2) is 17.9. The zero-order valence-electron chi connectivity index (χ0n) is 35.9. The van der Waals surface area contributed by atoms with Crippen LogP contribution in [-0.4, -0.2) is 38.2 Å². The first-order valence-electron chi connectivity index (χ1n) is 20.1. The van der Waals surface area contributed by atoms with Gasteiger partial charge in [0.25, 0.3) is 0 Å². The van der Waals surface area contributed by atoms with Gasteiger partial charge in [0.1, 0.15) is 11.9 Å². The van der Waals surface area contributed by atoms with Crippen LogP contribution in [0.25, 0.3) is 5.57 Å². The van der Waals surface area contributed by atoms with Crippen LogP contribution in [0.4, 0.5) is 0 Å². The molecule has 5 rings (SSSR count). The van der Waals surface area contributed by atoms with Crippen LogP contribution in [0.15, 0.2) is 89.4 Å². The average Bonchev–Trinajstić information content (AvgIpc) is 3.15. The lowest BCUT2D eigenvalue weighted by Crippen LogP contribution is -2.24. The molecule has 9 nitrogen and oxygen atoms in total. The van der Waals surface area contributed by atoms with Gasteiger partial charge in [0.05, 0.1) is 17.6 Å². The Morgan fingerprint density at radius 2 is 1.10 bits per heavy atom. The number of aryl methyl sites for hydroxylation is 2. The normalized spacial score (nSPS) is 14.4. The maximum atomic E-state index is 13.0. The number of allylic oxidation sites excluding steroid dienone is 2. The van der Waals surface area contributed by atoms with E-state index in [-0.39, 0.29) is 63.5 Å². The molecule has 2 N–H and O–H groups in total. The number of carboxylic acid groups (broad SMARTS) is 1. The summed E-state index contributed by atoms with van der Waals surface area (Å²) in [5.41, 5.74) is 10.4. The highest BCUT2D eigenvalue weighted by molar-refractivity contribution is 7.90. The van der Waals surface area contributed by atoms with E-state index in [0.29, 0.717) is 29.9 Å². The van der Waals surface area contributed by atoms with Crippen LogP contribution < -0.4 is 5.11 Å². The van der Waals surface area contributed by atoms with Crippen molar-refractivity contribution in [2.75, 3.05) is 0 Å². The molecule has 4 aromatic carbocycles. The van der Waals surface area contributed by atoms with Gasteiger partial charge in [0.15, 0.2) is 10.2 Å². The number of hydrogen-bond donors (Lipinski definition) is 2. The quantitative estimate of drug-likeness (QED) is 0.0714. The summed E-state index contributed by atoms with van der Waals surface area (Å²) in [6.45, 7) is 20.9. The summed E-state index contributed by atoms with van der Waals surface area (Å²) in [4.78, 5) is 25.2. The van der Waals surface area contributed by atoms with E-state index in [1.165, 1.54) is 6.07 Å². The van der Waals surface area contributed by atoms with Crippen molar-refractivity contribution < 1.29 is 40.6 Å². The fourth-order valence-electron chi connectivity index (χ4n) is 8.25. The number of aromatic carboxylic acids is 1. The lowest BCUT2D eigenvalue weighted by molar-refractivity contribution is -0.255. The number of rotatable bonds is 14. The number of carbonyl (C=O) groups is 2. The fraction of sp³-hybridized carbons (Fsp3) is 0.327. The molecule has 0 fully saturated rings. The van der Waals surface area contributed by atoms with Crippen LogP contribution in [0.2, 0.25) is 0 Å². The van der Waals surface area contributed by atoms with Crippen molar-refractivity contribution in [3.05, 3.63) is 173 Å². The van der Waals surface area contributed by atoms with Crippen molar-refractivity contribution in [1.29, 1.82) is 0 Å². The molecule has 0 heterocycles. The van der Waals surface area contributed by atoms with Crippen LogP contribution in [0.5, 0.6) is 0 Å². The van der Waals surface area contributed by atoms with Gasteiger partial charge in [0, 0.05) is 34.4 Å².